The minimum absolute atomic E-state index is 0.0816. The molecule has 0 saturated heterocycles. The molecule has 170 valence electrons. The first kappa shape index (κ1) is 26.4. The highest BCUT2D eigenvalue weighted by molar-refractivity contribution is 5.66. The van der Waals surface area contributed by atoms with Crippen molar-refractivity contribution < 1.29 is 25.2 Å². The van der Waals surface area contributed by atoms with Gasteiger partial charge in [0, 0.05) is 25.2 Å². The van der Waals surface area contributed by atoms with Gasteiger partial charge < -0.3 is 20.4 Å². The van der Waals surface area contributed by atoms with E-state index in [2.05, 4.69) is 18.8 Å². The Morgan fingerprint density at radius 1 is 1.10 bits per heavy atom. The van der Waals surface area contributed by atoms with Crippen molar-refractivity contribution in [1.82, 2.24) is 0 Å². The van der Waals surface area contributed by atoms with Crippen LogP contribution < -0.4 is 0 Å². The van der Waals surface area contributed by atoms with E-state index in [1.807, 2.05) is 24.3 Å². The number of aliphatic carboxylic acids is 1. The number of carboxylic acids is 1. The van der Waals surface area contributed by atoms with Gasteiger partial charge in [-0.15, -0.1) is 5.92 Å². The summed E-state index contributed by atoms with van der Waals surface area (Å²) in [5, 5.41) is 40.2. The molecule has 0 amide bonds. The topological polar surface area (TPSA) is 98.0 Å². The molecule has 1 rings (SSSR count). The number of allylic oxidation sites excluding steroid dienone is 2. The van der Waals surface area contributed by atoms with Gasteiger partial charge in [-0.05, 0) is 44.9 Å². The van der Waals surface area contributed by atoms with Crippen molar-refractivity contribution in [3.05, 3.63) is 24.3 Å². The molecule has 0 aromatic rings. The summed E-state index contributed by atoms with van der Waals surface area (Å²) >= 11 is 0. The van der Waals surface area contributed by atoms with Gasteiger partial charge in [0.25, 0.3) is 0 Å². The molecule has 0 spiro atoms. The summed E-state index contributed by atoms with van der Waals surface area (Å²) < 4.78 is 0. The smallest absolute Gasteiger partial charge is 0.303 e. The third-order valence-corrected chi connectivity index (χ3v) is 5.87. The lowest BCUT2D eigenvalue weighted by atomic mass is 9.88. The van der Waals surface area contributed by atoms with Crippen LogP contribution in [0.3, 0.4) is 0 Å². The molecule has 5 nitrogen and oxygen atoms in total. The molecule has 0 heterocycles. The van der Waals surface area contributed by atoms with Gasteiger partial charge in [-0.25, -0.2) is 0 Å². The van der Waals surface area contributed by atoms with Crippen molar-refractivity contribution in [3.63, 3.8) is 0 Å². The summed E-state index contributed by atoms with van der Waals surface area (Å²) in [7, 11) is 0. The molecule has 0 aromatic heterocycles. The number of rotatable bonds is 14. The lowest BCUT2D eigenvalue weighted by Gasteiger charge is -2.22. The van der Waals surface area contributed by atoms with Crippen LogP contribution in [-0.4, -0.2) is 44.2 Å². The first-order valence-corrected chi connectivity index (χ1v) is 11.4. The van der Waals surface area contributed by atoms with E-state index in [1.54, 1.807) is 6.92 Å². The van der Waals surface area contributed by atoms with Crippen LogP contribution in [0.2, 0.25) is 0 Å². The van der Waals surface area contributed by atoms with Crippen LogP contribution in [0.1, 0.15) is 84.5 Å². The Balaban J connectivity index is 2.62. The van der Waals surface area contributed by atoms with Gasteiger partial charge in [0.15, 0.2) is 0 Å². The zero-order chi connectivity index (χ0) is 22.4. The third-order valence-electron chi connectivity index (χ3n) is 5.87. The Hall–Kier alpha value is -1.61. The molecular weight excluding hydrogens is 380 g/mol. The van der Waals surface area contributed by atoms with E-state index >= 15 is 0 Å². The van der Waals surface area contributed by atoms with Crippen LogP contribution >= 0.6 is 0 Å². The highest BCUT2D eigenvalue weighted by atomic mass is 16.4. The van der Waals surface area contributed by atoms with Crippen molar-refractivity contribution in [2.24, 2.45) is 11.8 Å². The normalized spacial score (nSPS) is 26.0. The van der Waals surface area contributed by atoms with E-state index in [4.69, 9.17) is 5.11 Å². The molecule has 1 unspecified atom stereocenters. The fourth-order valence-corrected chi connectivity index (χ4v) is 4.16. The zero-order valence-corrected chi connectivity index (χ0v) is 18.6. The third kappa shape index (κ3) is 9.93. The molecule has 0 radical (unpaired) electrons. The Morgan fingerprint density at radius 3 is 2.53 bits per heavy atom. The maximum absolute atomic E-state index is 10.8. The Labute approximate surface area is 181 Å². The van der Waals surface area contributed by atoms with Crippen LogP contribution in [0.5, 0.6) is 0 Å². The van der Waals surface area contributed by atoms with E-state index < -0.39 is 23.8 Å². The van der Waals surface area contributed by atoms with Crippen molar-refractivity contribution in [3.8, 4) is 11.8 Å². The number of aliphatic hydroxyl groups excluding tert-OH is 2. The molecule has 5 atom stereocenters. The molecule has 4 N–H and O–H groups in total. The van der Waals surface area contributed by atoms with Crippen LogP contribution in [-0.2, 0) is 4.79 Å². The number of hydrogen-bond donors (Lipinski definition) is 4. The average molecular weight is 421 g/mol. The number of aliphatic hydroxyl groups is 3. The number of hydrogen-bond acceptors (Lipinski definition) is 4. The summed E-state index contributed by atoms with van der Waals surface area (Å²) in [5.41, 5.74) is -1.04. The van der Waals surface area contributed by atoms with Crippen molar-refractivity contribution in [2.75, 3.05) is 0 Å². The predicted octanol–water partition coefficient (Wildman–Crippen LogP) is 4.22. The summed E-state index contributed by atoms with van der Waals surface area (Å²) in [6.07, 6.45) is 14.4. The molecule has 1 aliphatic rings. The summed E-state index contributed by atoms with van der Waals surface area (Å²) in [6, 6.07) is 0. The summed E-state index contributed by atoms with van der Waals surface area (Å²) in [5.74, 6) is 4.74. The highest BCUT2D eigenvalue weighted by Crippen LogP contribution is 2.36. The first-order valence-electron chi connectivity index (χ1n) is 11.4. The van der Waals surface area contributed by atoms with Gasteiger partial charge in [0.2, 0.25) is 0 Å². The molecule has 0 aromatic carbocycles. The second kappa shape index (κ2) is 14.4. The van der Waals surface area contributed by atoms with Crippen LogP contribution in [0, 0.1) is 23.7 Å². The molecule has 1 aliphatic carbocycles. The standard InChI is InChI=1S/C25H40O5/c1-3-5-6-11-17-25(30,16-4-2)18-12-14-21-20(22(26)19-23(21)27)13-9-7-8-10-15-24(28)29/h7,9,12,14,20-23,26-27,30H,3,5-6,8,10-11,13,15,17-19H2,1-2H3,(H,28,29)/b9-7-,14-12+/t20-,21-,22-,23-,25?/m1/s1. The SMILES string of the molecule is CC#CC(O)(C/C=C/[C@@H]1[C@@H](C/C=C\CCCC(=O)O)[C@H](O)C[C@H]1O)CCCCCC. The Kier molecular flexibility index (Phi) is 12.7. The van der Waals surface area contributed by atoms with E-state index in [9.17, 15) is 20.1 Å². The van der Waals surface area contributed by atoms with E-state index in [0.29, 0.717) is 38.5 Å². The maximum Gasteiger partial charge on any atom is 0.303 e. The van der Waals surface area contributed by atoms with Gasteiger partial charge in [-0.1, -0.05) is 56.4 Å². The summed E-state index contributed by atoms with van der Waals surface area (Å²) in [4.78, 5) is 10.5. The van der Waals surface area contributed by atoms with Crippen molar-refractivity contribution in [2.45, 2.75) is 102 Å². The number of unbranched alkanes of at least 4 members (excludes halogenated alkanes) is 4. The minimum Gasteiger partial charge on any atom is -0.481 e. The molecule has 1 fully saturated rings. The van der Waals surface area contributed by atoms with E-state index in [-0.39, 0.29) is 18.3 Å². The van der Waals surface area contributed by atoms with Gasteiger partial charge >= 0.3 is 5.97 Å². The summed E-state index contributed by atoms with van der Waals surface area (Å²) in [6.45, 7) is 3.89. The molecular formula is C25H40O5. The molecule has 0 aliphatic heterocycles. The molecule has 5 heteroatoms. The Morgan fingerprint density at radius 2 is 1.87 bits per heavy atom. The minimum atomic E-state index is -1.04. The molecule has 30 heavy (non-hydrogen) atoms. The van der Waals surface area contributed by atoms with Gasteiger partial charge in [0.05, 0.1) is 12.2 Å². The van der Waals surface area contributed by atoms with Gasteiger partial charge in [0.1, 0.15) is 5.60 Å². The highest BCUT2D eigenvalue weighted by Gasteiger charge is 2.39. The lowest BCUT2D eigenvalue weighted by molar-refractivity contribution is -0.137. The van der Waals surface area contributed by atoms with Crippen LogP contribution in [0.4, 0.5) is 0 Å². The number of carboxylic acid groups (broad SMARTS) is 1. The zero-order valence-electron chi connectivity index (χ0n) is 18.6. The average Bonchev–Trinajstić information content (AvgIpc) is 2.95. The maximum atomic E-state index is 10.8. The monoisotopic (exact) mass is 420 g/mol. The second-order valence-electron chi connectivity index (χ2n) is 8.45. The quantitative estimate of drug-likeness (QED) is 0.192. The molecule has 1 saturated carbocycles. The lowest BCUT2D eigenvalue weighted by Crippen LogP contribution is -2.26. The largest absolute Gasteiger partial charge is 0.481 e. The van der Waals surface area contributed by atoms with Crippen molar-refractivity contribution >= 4 is 5.97 Å². The van der Waals surface area contributed by atoms with Gasteiger partial charge in [-0.2, -0.15) is 0 Å². The fraction of sp³-hybridized carbons (Fsp3) is 0.720. The van der Waals surface area contributed by atoms with Crippen LogP contribution in [0.15, 0.2) is 24.3 Å². The fourth-order valence-electron chi connectivity index (χ4n) is 4.16. The molecule has 0 bridgehead atoms. The number of carbonyl (C=O) groups is 1. The van der Waals surface area contributed by atoms with Crippen molar-refractivity contribution in [1.29, 1.82) is 0 Å². The van der Waals surface area contributed by atoms with Crippen LogP contribution in [0.25, 0.3) is 0 Å². The van der Waals surface area contributed by atoms with E-state index in [1.165, 1.54) is 0 Å². The van der Waals surface area contributed by atoms with E-state index in [0.717, 1.165) is 25.7 Å². The predicted molar refractivity (Wildman–Crippen MR) is 120 cm³/mol. The second-order valence-corrected chi connectivity index (χ2v) is 8.45. The Bertz CT molecular complexity index is 615. The van der Waals surface area contributed by atoms with Gasteiger partial charge in [-0.3, -0.25) is 4.79 Å². The first-order chi connectivity index (χ1) is 14.3.